The van der Waals surface area contributed by atoms with Crippen LogP contribution >= 0.6 is 0 Å². The number of carbonyl (C=O) groups excluding carboxylic acids is 1. The van der Waals surface area contributed by atoms with E-state index in [1.807, 2.05) is 14.1 Å². The highest BCUT2D eigenvalue weighted by Crippen LogP contribution is 2.23. The van der Waals surface area contributed by atoms with Crippen LogP contribution in [0.3, 0.4) is 0 Å². The Morgan fingerprint density at radius 3 is 2.35 bits per heavy atom. The number of anilines is 1. The van der Waals surface area contributed by atoms with Crippen LogP contribution in [0.2, 0.25) is 0 Å². The molecule has 4 nitrogen and oxygen atoms in total. The van der Waals surface area contributed by atoms with Gasteiger partial charge < -0.3 is 16.0 Å². The molecule has 110 valence electrons. The van der Waals surface area contributed by atoms with Gasteiger partial charge in [-0.05, 0) is 43.4 Å². The van der Waals surface area contributed by atoms with Crippen LogP contribution in [0.4, 0.5) is 5.69 Å². The van der Waals surface area contributed by atoms with Gasteiger partial charge in [0.1, 0.15) is 0 Å². The van der Waals surface area contributed by atoms with Crippen LogP contribution < -0.4 is 16.0 Å². The first kappa shape index (κ1) is 14.9. The van der Waals surface area contributed by atoms with E-state index in [-0.39, 0.29) is 17.9 Å². The molecule has 0 aliphatic heterocycles. The van der Waals surface area contributed by atoms with Crippen molar-refractivity contribution in [3.05, 3.63) is 29.8 Å². The fraction of sp³-hybridized carbons (Fsp3) is 0.562. The topological polar surface area (TPSA) is 58.4 Å². The van der Waals surface area contributed by atoms with Crippen LogP contribution in [0.5, 0.6) is 0 Å². The maximum Gasteiger partial charge on any atom is 0.223 e. The Balaban J connectivity index is 1.81. The molecule has 0 unspecified atom stereocenters. The fourth-order valence-corrected chi connectivity index (χ4v) is 2.63. The molecule has 4 heteroatoms. The number of rotatable bonds is 4. The standard InChI is InChI=1S/C16H25N3O/c1-19(2)15-9-3-12(4-10-15)11-18-16(20)13-5-7-14(17)8-6-13/h3-4,9-10,13-14H,5-8,11,17H2,1-2H3,(H,18,20). The fourth-order valence-electron chi connectivity index (χ4n) is 2.63. The number of nitrogens with one attached hydrogen (secondary N) is 1. The van der Waals surface area contributed by atoms with Crippen molar-refractivity contribution in [3.63, 3.8) is 0 Å². The second kappa shape index (κ2) is 6.75. The van der Waals surface area contributed by atoms with Crippen molar-refractivity contribution in [1.82, 2.24) is 5.32 Å². The van der Waals surface area contributed by atoms with Crippen LogP contribution in [0.1, 0.15) is 31.2 Å². The van der Waals surface area contributed by atoms with Gasteiger partial charge in [0.05, 0.1) is 0 Å². The molecule has 1 amide bonds. The summed E-state index contributed by atoms with van der Waals surface area (Å²) >= 11 is 0. The molecule has 0 spiro atoms. The van der Waals surface area contributed by atoms with Crippen molar-refractivity contribution < 1.29 is 4.79 Å². The van der Waals surface area contributed by atoms with Crippen molar-refractivity contribution >= 4 is 11.6 Å². The second-order valence-electron chi connectivity index (χ2n) is 5.89. The minimum atomic E-state index is 0.149. The Kier molecular flexibility index (Phi) is 5.01. The molecule has 3 N–H and O–H groups in total. The maximum atomic E-state index is 12.1. The van der Waals surface area contributed by atoms with Crippen LogP contribution in [0.15, 0.2) is 24.3 Å². The summed E-state index contributed by atoms with van der Waals surface area (Å²) < 4.78 is 0. The first-order valence-electron chi connectivity index (χ1n) is 7.36. The summed E-state index contributed by atoms with van der Waals surface area (Å²) in [6.45, 7) is 0.606. The molecular weight excluding hydrogens is 250 g/mol. The van der Waals surface area contributed by atoms with E-state index in [1.54, 1.807) is 0 Å². The lowest BCUT2D eigenvalue weighted by molar-refractivity contribution is -0.126. The summed E-state index contributed by atoms with van der Waals surface area (Å²) in [6, 6.07) is 8.55. The van der Waals surface area contributed by atoms with Gasteiger partial charge in [-0.25, -0.2) is 0 Å². The molecule has 1 aliphatic carbocycles. The molecule has 0 bridgehead atoms. The predicted molar refractivity (Wildman–Crippen MR) is 82.5 cm³/mol. The van der Waals surface area contributed by atoms with Crippen molar-refractivity contribution in [1.29, 1.82) is 0 Å². The summed E-state index contributed by atoms with van der Waals surface area (Å²) in [5, 5.41) is 3.04. The normalized spacial score (nSPS) is 22.4. The van der Waals surface area contributed by atoms with E-state index < -0.39 is 0 Å². The molecule has 1 fully saturated rings. The largest absolute Gasteiger partial charge is 0.378 e. The molecule has 20 heavy (non-hydrogen) atoms. The van der Waals surface area contributed by atoms with Gasteiger partial charge in [0.25, 0.3) is 0 Å². The number of benzene rings is 1. The zero-order chi connectivity index (χ0) is 14.5. The Morgan fingerprint density at radius 1 is 1.20 bits per heavy atom. The minimum Gasteiger partial charge on any atom is -0.378 e. The van der Waals surface area contributed by atoms with Crippen molar-refractivity contribution in [2.24, 2.45) is 11.7 Å². The lowest BCUT2D eigenvalue weighted by atomic mass is 9.86. The molecule has 1 aromatic carbocycles. The third-order valence-electron chi connectivity index (χ3n) is 4.06. The molecule has 0 radical (unpaired) electrons. The van der Waals surface area contributed by atoms with E-state index in [1.165, 1.54) is 5.69 Å². The van der Waals surface area contributed by atoms with Crippen molar-refractivity contribution in [2.45, 2.75) is 38.3 Å². The highest BCUT2D eigenvalue weighted by molar-refractivity contribution is 5.78. The summed E-state index contributed by atoms with van der Waals surface area (Å²) in [6.07, 6.45) is 3.78. The van der Waals surface area contributed by atoms with Crippen LogP contribution in [-0.4, -0.2) is 26.0 Å². The third kappa shape index (κ3) is 3.97. The molecule has 0 atom stereocenters. The van der Waals surface area contributed by atoms with Crippen LogP contribution in [0.25, 0.3) is 0 Å². The lowest BCUT2D eigenvalue weighted by Crippen LogP contribution is -2.35. The van der Waals surface area contributed by atoms with Gasteiger partial charge >= 0.3 is 0 Å². The monoisotopic (exact) mass is 275 g/mol. The number of nitrogens with zero attached hydrogens (tertiary/aromatic N) is 1. The summed E-state index contributed by atoms with van der Waals surface area (Å²) in [4.78, 5) is 14.2. The molecule has 0 aromatic heterocycles. The number of hydrogen-bond donors (Lipinski definition) is 2. The molecule has 1 saturated carbocycles. The Hall–Kier alpha value is -1.55. The summed E-state index contributed by atoms with van der Waals surface area (Å²) in [5.41, 5.74) is 8.17. The van der Waals surface area contributed by atoms with Gasteiger partial charge in [0.15, 0.2) is 0 Å². The molecule has 1 aliphatic rings. The highest BCUT2D eigenvalue weighted by Gasteiger charge is 2.24. The zero-order valence-corrected chi connectivity index (χ0v) is 12.4. The van der Waals surface area contributed by atoms with Crippen LogP contribution in [-0.2, 0) is 11.3 Å². The van der Waals surface area contributed by atoms with E-state index in [0.29, 0.717) is 6.54 Å². The van der Waals surface area contributed by atoms with E-state index in [0.717, 1.165) is 31.2 Å². The van der Waals surface area contributed by atoms with Gasteiger partial charge in [0.2, 0.25) is 5.91 Å². The zero-order valence-electron chi connectivity index (χ0n) is 12.4. The van der Waals surface area contributed by atoms with Crippen molar-refractivity contribution in [3.8, 4) is 0 Å². The Bertz CT molecular complexity index is 434. The van der Waals surface area contributed by atoms with E-state index in [9.17, 15) is 4.79 Å². The first-order chi connectivity index (χ1) is 9.56. The van der Waals surface area contributed by atoms with Gasteiger partial charge in [-0.15, -0.1) is 0 Å². The average molecular weight is 275 g/mol. The molecule has 0 heterocycles. The first-order valence-corrected chi connectivity index (χ1v) is 7.36. The highest BCUT2D eigenvalue weighted by atomic mass is 16.1. The van der Waals surface area contributed by atoms with Crippen molar-refractivity contribution in [2.75, 3.05) is 19.0 Å². The maximum absolute atomic E-state index is 12.1. The predicted octanol–water partition coefficient (Wildman–Crippen LogP) is 1.89. The minimum absolute atomic E-state index is 0.149. The smallest absolute Gasteiger partial charge is 0.223 e. The average Bonchev–Trinajstić information content (AvgIpc) is 2.46. The molecule has 0 saturated heterocycles. The summed E-state index contributed by atoms with van der Waals surface area (Å²) in [7, 11) is 4.04. The molecule has 1 aromatic rings. The number of carbonyl (C=O) groups is 1. The second-order valence-corrected chi connectivity index (χ2v) is 5.89. The Labute approximate surface area is 121 Å². The van der Waals surface area contributed by atoms with Gasteiger partial charge in [-0.3, -0.25) is 4.79 Å². The quantitative estimate of drug-likeness (QED) is 0.882. The van der Waals surface area contributed by atoms with E-state index in [4.69, 9.17) is 5.73 Å². The molecule has 2 rings (SSSR count). The van der Waals surface area contributed by atoms with E-state index in [2.05, 4.69) is 34.5 Å². The van der Waals surface area contributed by atoms with Crippen LogP contribution in [0, 0.1) is 5.92 Å². The van der Waals surface area contributed by atoms with Gasteiger partial charge in [-0.1, -0.05) is 12.1 Å². The summed E-state index contributed by atoms with van der Waals surface area (Å²) in [5.74, 6) is 0.324. The number of hydrogen-bond acceptors (Lipinski definition) is 3. The Morgan fingerprint density at radius 2 is 1.80 bits per heavy atom. The lowest BCUT2D eigenvalue weighted by Gasteiger charge is -2.25. The third-order valence-corrected chi connectivity index (χ3v) is 4.06. The number of nitrogens with two attached hydrogens (primary N) is 1. The van der Waals surface area contributed by atoms with Gasteiger partial charge in [-0.2, -0.15) is 0 Å². The molecular formula is C16H25N3O. The number of amides is 1. The van der Waals surface area contributed by atoms with Gasteiger partial charge in [0, 0.05) is 38.3 Å². The van der Waals surface area contributed by atoms with E-state index >= 15 is 0 Å². The SMILES string of the molecule is CN(C)c1ccc(CNC(=O)C2CCC(N)CC2)cc1.